The van der Waals surface area contributed by atoms with Gasteiger partial charge in [0.2, 0.25) is 5.91 Å². The quantitative estimate of drug-likeness (QED) is 0.225. The first-order valence-electron chi connectivity index (χ1n) is 12.6. The lowest BCUT2D eigenvalue weighted by molar-refractivity contribution is -0.160. The maximum atomic E-state index is 13.9. The third-order valence-corrected chi connectivity index (χ3v) is 8.35. The molecule has 10 heteroatoms. The Morgan fingerprint density at radius 1 is 1.08 bits per heavy atom. The van der Waals surface area contributed by atoms with Crippen molar-refractivity contribution in [3.63, 3.8) is 0 Å². The molecule has 2 aliphatic rings. The summed E-state index contributed by atoms with van der Waals surface area (Å²) in [6.45, 7) is 2.84. The summed E-state index contributed by atoms with van der Waals surface area (Å²) in [7, 11) is 4.90. The summed E-state index contributed by atoms with van der Waals surface area (Å²) in [5, 5.41) is 5.29. The van der Waals surface area contributed by atoms with Crippen LogP contribution in [0.1, 0.15) is 47.8 Å². The van der Waals surface area contributed by atoms with E-state index in [4.69, 9.17) is 19.1 Å². The maximum Gasteiger partial charge on any atom is 0.277 e. The van der Waals surface area contributed by atoms with E-state index in [1.807, 2.05) is 43.4 Å². The number of hydrogen-bond acceptors (Lipinski definition) is 7. The lowest BCUT2D eigenvalue weighted by Gasteiger charge is -2.45. The van der Waals surface area contributed by atoms with Crippen molar-refractivity contribution in [1.82, 2.24) is 14.7 Å². The zero-order valence-electron chi connectivity index (χ0n) is 22.1. The van der Waals surface area contributed by atoms with E-state index in [1.165, 1.54) is 12.7 Å². The van der Waals surface area contributed by atoms with Crippen molar-refractivity contribution in [1.29, 1.82) is 0 Å². The molecule has 0 unspecified atom stereocenters. The molecular weight excluding hydrogens is 504 g/mol. The predicted octanol–water partition coefficient (Wildman–Crippen LogP) is 4.57. The number of carbonyl (C=O) groups excluding carboxylic acids is 2. The van der Waals surface area contributed by atoms with Gasteiger partial charge in [0.1, 0.15) is 11.4 Å². The SMILES string of the molecule is COOSc1nn(-c2ccc(OC)cc2)c2c1CCN(c1ccc(C3(CN(C)C(C)=O)CCC3)cc1)C2=O. The van der Waals surface area contributed by atoms with Crippen molar-refractivity contribution >= 4 is 29.5 Å². The minimum absolute atomic E-state index is 0.0154. The molecular formula is C28H32N4O5S. The number of rotatable bonds is 9. The van der Waals surface area contributed by atoms with E-state index >= 15 is 0 Å². The standard InChI is InChI=1S/C28H32N4O5S/c1-19(33)30(2)18-28(15-5-16-28)20-6-8-21(9-7-20)31-17-14-24-25(27(31)34)32(29-26(24)38-37-36-4)22-10-12-23(35-3)13-11-22/h6-13H,5,14-18H2,1-4H3. The van der Waals surface area contributed by atoms with Crippen molar-refractivity contribution in [3.05, 3.63) is 65.4 Å². The number of fused-ring (bicyclic) bond motifs is 1. The maximum absolute atomic E-state index is 13.9. The molecule has 0 N–H and O–H groups in total. The molecule has 3 aromatic rings. The molecule has 0 spiro atoms. The lowest BCUT2D eigenvalue weighted by Crippen LogP contribution is -2.45. The molecule has 9 nitrogen and oxygen atoms in total. The number of aromatic nitrogens is 2. The number of anilines is 1. The van der Waals surface area contributed by atoms with E-state index in [-0.39, 0.29) is 17.2 Å². The van der Waals surface area contributed by atoms with Gasteiger partial charge in [-0.25, -0.2) is 9.57 Å². The van der Waals surface area contributed by atoms with Crippen molar-refractivity contribution < 1.29 is 23.5 Å². The number of hydrogen-bond donors (Lipinski definition) is 0. The smallest absolute Gasteiger partial charge is 0.277 e. The Labute approximate surface area is 226 Å². The van der Waals surface area contributed by atoms with Crippen LogP contribution in [-0.2, 0) is 25.9 Å². The zero-order chi connectivity index (χ0) is 26.9. The highest BCUT2D eigenvalue weighted by Crippen LogP contribution is 2.45. The van der Waals surface area contributed by atoms with Crippen LogP contribution >= 0.6 is 12.0 Å². The fourth-order valence-corrected chi connectivity index (χ4v) is 5.87. The second kappa shape index (κ2) is 10.8. The Balaban J connectivity index is 1.45. The van der Waals surface area contributed by atoms with Crippen molar-refractivity contribution in [2.45, 2.75) is 43.0 Å². The predicted molar refractivity (Wildman–Crippen MR) is 145 cm³/mol. The highest BCUT2D eigenvalue weighted by molar-refractivity contribution is 7.94. The molecule has 200 valence electrons. The Kier molecular flexibility index (Phi) is 7.47. The van der Waals surface area contributed by atoms with Gasteiger partial charge < -0.3 is 14.5 Å². The number of ether oxygens (including phenoxy) is 1. The zero-order valence-corrected chi connectivity index (χ0v) is 22.9. The average Bonchev–Trinajstić information content (AvgIpc) is 3.29. The summed E-state index contributed by atoms with van der Waals surface area (Å²) in [4.78, 5) is 34.1. The second-order valence-corrected chi connectivity index (χ2v) is 10.5. The Morgan fingerprint density at radius 2 is 1.76 bits per heavy atom. The van der Waals surface area contributed by atoms with Crippen LogP contribution in [0.5, 0.6) is 5.75 Å². The summed E-state index contributed by atoms with van der Waals surface area (Å²) in [5.74, 6) is 0.671. The molecule has 0 bridgehead atoms. The third kappa shape index (κ3) is 4.79. The normalized spacial score (nSPS) is 16.1. The fourth-order valence-electron chi connectivity index (χ4n) is 5.32. The summed E-state index contributed by atoms with van der Waals surface area (Å²) in [6.07, 6.45) is 3.90. The van der Waals surface area contributed by atoms with Crippen LogP contribution in [0.2, 0.25) is 0 Å². The first-order chi connectivity index (χ1) is 18.4. The molecule has 2 heterocycles. The summed E-state index contributed by atoms with van der Waals surface area (Å²) in [6, 6.07) is 15.7. The molecule has 2 aromatic carbocycles. The Morgan fingerprint density at radius 3 is 2.34 bits per heavy atom. The van der Waals surface area contributed by atoms with E-state index < -0.39 is 0 Å². The van der Waals surface area contributed by atoms with Crippen LogP contribution in [0.3, 0.4) is 0 Å². The Bertz CT molecular complexity index is 1320. The molecule has 0 radical (unpaired) electrons. The van der Waals surface area contributed by atoms with Crippen LogP contribution in [-0.4, -0.2) is 60.9 Å². The minimum atomic E-state index is -0.124. The van der Waals surface area contributed by atoms with E-state index in [2.05, 4.69) is 12.1 Å². The van der Waals surface area contributed by atoms with Crippen molar-refractivity contribution in [3.8, 4) is 11.4 Å². The first kappa shape index (κ1) is 26.3. The van der Waals surface area contributed by atoms with Crippen LogP contribution in [0.4, 0.5) is 5.69 Å². The molecule has 38 heavy (non-hydrogen) atoms. The van der Waals surface area contributed by atoms with Gasteiger partial charge >= 0.3 is 0 Å². The van der Waals surface area contributed by atoms with Gasteiger partial charge in [-0.3, -0.25) is 9.59 Å². The van der Waals surface area contributed by atoms with E-state index in [1.54, 1.807) is 28.5 Å². The number of benzene rings is 2. The van der Waals surface area contributed by atoms with E-state index in [0.29, 0.717) is 30.2 Å². The van der Waals surface area contributed by atoms with Gasteiger partial charge in [-0.1, -0.05) is 18.6 Å². The van der Waals surface area contributed by atoms with Crippen LogP contribution in [0.25, 0.3) is 5.69 Å². The van der Waals surface area contributed by atoms with Crippen LogP contribution < -0.4 is 9.64 Å². The second-order valence-electron chi connectivity index (χ2n) is 9.82. The minimum Gasteiger partial charge on any atom is -0.497 e. The summed E-state index contributed by atoms with van der Waals surface area (Å²) in [5.41, 5.74) is 4.12. The molecule has 1 aromatic heterocycles. The highest BCUT2D eigenvalue weighted by Gasteiger charge is 2.40. The van der Waals surface area contributed by atoms with Gasteiger partial charge in [0.15, 0.2) is 5.03 Å². The number of methoxy groups -OCH3 is 1. The first-order valence-corrected chi connectivity index (χ1v) is 13.4. The van der Waals surface area contributed by atoms with Crippen LogP contribution in [0, 0.1) is 0 Å². The largest absolute Gasteiger partial charge is 0.497 e. The van der Waals surface area contributed by atoms with Crippen molar-refractivity contribution in [2.24, 2.45) is 0 Å². The van der Waals surface area contributed by atoms with Crippen molar-refractivity contribution in [2.75, 3.05) is 39.3 Å². The third-order valence-electron chi connectivity index (χ3n) is 7.66. The molecule has 5 rings (SSSR count). The lowest BCUT2D eigenvalue weighted by atomic mass is 9.64. The molecule has 2 amide bonds. The number of likely N-dealkylation sites (N-methyl/N-ethyl adjacent to an activating group) is 1. The van der Waals surface area contributed by atoms with Crippen LogP contribution in [0.15, 0.2) is 53.6 Å². The van der Waals surface area contributed by atoms with E-state index in [9.17, 15) is 9.59 Å². The monoisotopic (exact) mass is 536 g/mol. The molecule has 1 aliphatic carbocycles. The summed E-state index contributed by atoms with van der Waals surface area (Å²) < 4.78 is 12.0. The fraction of sp³-hybridized carbons (Fsp3) is 0.393. The molecule has 0 saturated heterocycles. The van der Waals surface area contributed by atoms with E-state index in [0.717, 1.165) is 54.0 Å². The molecule has 1 aliphatic heterocycles. The number of carbonyl (C=O) groups is 2. The van der Waals surface area contributed by atoms with Gasteiger partial charge in [-0.2, -0.15) is 9.43 Å². The Hall–Kier alpha value is -3.34. The van der Waals surface area contributed by atoms with Gasteiger partial charge in [-0.05, 0) is 61.2 Å². The van der Waals surface area contributed by atoms with Gasteiger partial charge in [0, 0.05) is 43.7 Å². The molecule has 0 atom stereocenters. The topological polar surface area (TPSA) is 86.1 Å². The van der Waals surface area contributed by atoms with Gasteiger partial charge in [0.05, 0.1) is 31.9 Å². The number of amides is 2. The number of nitrogens with zero attached hydrogens (tertiary/aromatic N) is 4. The van der Waals surface area contributed by atoms with Gasteiger partial charge in [0.25, 0.3) is 5.91 Å². The average molecular weight is 537 g/mol. The molecule has 1 fully saturated rings. The molecule has 1 saturated carbocycles. The highest BCUT2D eigenvalue weighted by atomic mass is 32.2. The van der Waals surface area contributed by atoms with Gasteiger partial charge in [-0.15, -0.1) is 0 Å². The summed E-state index contributed by atoms with van der Waals surface area (Å²) >= 11 is 1.00.